The smallest absolute Gasteiger partial charge is 0.274 e. The van der Waals surface area contributed by atoms with Crippen molar-refractivity contribution in [3.8, 4) is 0 Å². The summed E-state index contributed by atoms with van der Waals surface area (Å²) in [6, 6.07) is 3.98. The van der Waals surface area contributed by atoms with E-state index in [2.05, 4.69) is 41.4 Å². The zero-order valence-corrected chi connectivity index (χ0v) is 28.7. The number of aromatic nitrogens is 1. The van der Waals surface area contributed by atoms with Gasteiger partial charge in [-0.15, -0.1) is 23.7 Å². The maximum atomic E-state index is 10.4. The van der Waals surface area contributed by atoms with E-state index in [-0.39, 0.29) is 12.4 Å². The van der Waals surface area contributed by atoms with Crippen LogP contribution in [0.5, 0.6) is 0 Å². The number of halogens is 1. The number of nitro groups is 2. The molecular formula is C25H44ClN9O5S3. The Balaban J connectivity index is 0.000000802. The SMILES string of the molecule is CN/C(=C/[N+](=O)[O-])NCCSCc1ccc(CN(C)C)o1.CN/C(=C\[N+](=O)[O-])NCCSCc1csc(CN(C)C)n1.Cl. The number of nitrogens with zero attached hydrogens (tertiary/aromatic N) is 5. The summed E-state index contributed by atoms with van der Waals surface area (Å²) in [6.07, 6.45) is 1.85. The lowest BCUT2D eigenvalue weighted by Gasteiger charge is -2.07. The summed E-state index contributed by atoms with van der Waals surface area (Å²) >= 11 is 5.15. The number of thioether (sulfide) groups is 2. The Labute approximate surface area is 272 Å². The Hall–Kier alpha value is -2.70. The van der Waals surface area contributed by atoms with Crippen LogP contribution in [0.25, 0.3) is 0 Å². The van der Waals surface area contributed by atoms with E-state index in [0.717, 1.165) is 70.7 Å². The fourth-order valence-corrected chi connectivity index (χ4v) is 5.64. The first-order valence-electron chi connectivity index (χ1n) is 13.0. The molecule has 0 spiro atoms. The molecule has 0 aliphatic rings. The van der Waals surface area contributed by atoms with Gasteiger partial charge in [0.05, 0.1) is 27.8 Å². The number of rotatable bonds is 20. The van der Waals surface area contributed by atoms with E-state index in [4.69, 9.17) is 4.42 Å². The van der Waals surface area contributed by atoms with Gasteiger partial charge in [0.15, 0.2) is 11.6 Å². The van der Waals surface area contributed by atoms with Crippen molar-refractivity contribution in [3.63, 3.8) is 0 Å². The lowest BCUT2D eigenvalue weighted by Crippen LogP contribution is -2.26. The van der Waals surface area contributed by atoms with Crippen LogP contribution in [0.4, 0.5) is 0 Å². The second-order valence-corrected chi connectivity index (χ2v) is 12.3. The molecule has 2 aromatic heterocycles. The van der Waals surface area contributed by atoms with Crippen molar-refractivity contribution in [1.82, 2.24) is 36.1 Å². The van der Waals surface area contributed by atoms with Gasteiger partial charge in [-0.1, -0.05) is 0 Å². The molecule has 0 atom stereocenters. The van der Waals surface area contributed by atoms with E-state index in [1.165, 1.54) is 0 Å². The van der Waals surface area contributed by atoms with Crippen LogP contribution >= 0.6 is 47.3 Å². The quantitative estimate of drug-likeness (QED) is 0.0914. The Kier molecular flexibility index (Phi) is 22.2. The molecule has 0 fully saturated rings. The average molecular weight is 682 g/mol. The van der Waals surface area contributed by atoms with Crippen LogP contribution in [-0.2, 0) is 24.6 Å². The first kappa shape index (κ1) is 40.3. The summed E-state index contributed by atoms with van der Waals surface area (Å²) < 4.78 is 5.70. The van der Waals surface area contributed by atoms with Crippen molar-refractivity contribution < 1.29 is 14.3 Å². The summed E-state index contributed by atoms with van der Waals surface area (Å²) in [6.45, 7) is 2.98. The highest BCUT2D eigenvalue weighted by Crippen LogP contribution is 2.17. The molecule has 2 rings (SSSR count). The lowest BCUT2D eigenvalue weighted by atomic mass is 10.4. The zero-order chi connectivity index (χ0) is 31.3. The fourth-order valence-electron chi connectivity index (χ4n) is 3.13. The van der Waals surface area contributed by atoms with Crippen LogP contribution in [0.2, 0.25) is 0 Å². The van der Waals surface area contributed by atoms with E-state index >= 15 is 0 Å². The second-order valence-electron chi connectivity index (χ2n) is 9.19. The number of hydrogen-bond acceptors (Lipinski definition) is 15. The van der Waals surface area contributed by atoms with E-state index in [1.807, 2.05) is 40.3 Å². The summed E-state index contributed by atoms with van der Waals surface area (Å²) in [5.74, 6) is 6.08. The van der Waals surface area contributed by atoms with Crippen molar-refractivity contribution in [2.24, 2.45) is 0 Å². The molecule has 4 N–H and O–H groups in total. The molecule has 14 nitrogen and oxygen atoms in total. The van der Waals surface area contributed by atoms with Gasteiger partial charge in [0.2, 0.25) is 0 Å². The number of thiazole rings is 1. The minimum atomic E-state index is -0.485. The number of furan rings is 1. The van der Waals surface area contributed by atoms with Crippen LogP contribution in [-0.4, -0.2) is 91.5 Å². The number of nitrogens with one attached hydrogen (secondary N) is 4. The van der Waals surface area contributed by atoms with Gasteiger partial charge < -0.3 is 35.5 Å². The maximum Gasteiger partial charge on any atom is 0.274 e. The first-order chi connectivity index (χ1) is 20.0. The van der Waals surface area contributed by atoms with E-state index < -0.39 is 9.85 Å². The summed E-state index contributed by atoms with van der Waals surface area (Å²) in [7, 11) is 11.3. The molecule has 0 radical (unpaired) electrons. The van der Waals surface area contributed by atoms with Crippen LogP contribution in [0.15, 0.2) is 46.0 Å². The van der Waals surface area contributed by atoms with Gasteiger partial charge in [0.1, 0.15) is 16.5 Å². The summed E-state index contributed by atoms with van der Waals surface area (Å²) in [5, 5.41) is 35.4. The molecule has 43 heavy (non-hydrogen) atoms. The fraction of sp³-hybridized carbons (Fsp3) is 0.560. The number of hydrogen-bond donors (Lipinski definition) is 4. The van der Waals surface area contributed by atoms with Crippen LogP contribution in [0.3, 0.4) is 0 Å². The van der Waals surface area contributed by atoms with Crippen molar-refractivity contribution in [3.05, 3.63) is 84.0 Å². The maximum absolute atomic E-state index is 10.4. The summed E-state index contributed by atoms with van der Waals surface area (Å²) in [4.78, 5) is 28.5. The molecule has 0 bridgehead atoms. The average Bonchev–Trinajstić information content (AvgIpc) is 3.55. The molecule has 18 heteroatoms. The predicted octanol–water partition coefficient (Wildman–Crippen LogP) is 3.20. The van der Waals surface area contributed by atoms with Gasteiger partial charge in [0.25, 0.3) is 12.4 Å². The molecule has 2 aromatic rings. The highest BCUT2D eigenvalue weighted by atomic mass is 35.5. The van der Waals surface area contributed by atoms with Gasteiger partial charge >= 0.3 is 0 Å². The molecule has 0 unspecified atom stereocenters. The van der Waals surface area contributed by atoms with Crippen LogP contribution in [0, 0.1) is 20.2 Å². The highest BCUT2D eigenvalue weighted by molar-refractivity contribution is 7.98. The second kappa shape index (κ2) is 23.7. The normalized spacial score (nSPS) is 11.4. The minimum Gasteiger partial charge on any atom is -0.464 e. The Morgan fingerprint density at radius 2 is 1.42 bits per heavy atom. The van der Waals surface area contributed by atoms with E-state index in [9.17, 15) is 20.2 Å². The Morgan fingerprint density at radius 1 is 0.907 bits per heavy atom. The zero-order valence-electron chi connectivity index (χ0n) is 25.5. The van der Waals surface area contributed by atoms with Crippen LogP contribution < -0.4 is 21.3 Å². The molecule has 0 saturated heterocycles. The van der Waals surface area contributed by atoms with Gasteiger partial charge in [-0.2, -0.15) is 23.5 Å². The Bertz CT molecular complexity index is 1040. The topological polar surface area (TPSA) is 167 Å². The monoisotopic (exact) mass is 681 g/mol. The third-order valence-electron chi connectivity index (χ3n) is 4.87. The van der Waals surface area contributed by atoms with Crippen molar-refractivity contribution in [1.29, 1.82) is 0 Å². The Morgan fingerprint density at radius 3 is 1.91 bits per heavy atom. The summed E-state index contributed by atoms with van der Waals surface area (Å²) in [5.41, 5.74) is 1.09. The predicted molar refractivity (Wildman–Crippen MR) is 179 cm³/mol. The van der Waals surface area contributed by atoms with Crippen molar-refractivity contribution in [2.45, 2.75) is 24.6 Å². The molecule has 244 valence electrons. The van der Waals surface area contributed by atoms with Crippen molar-refractivity contribution in [2.75, 3.05) is 66.9 Å². The third kappa shape index (κ3) is 20.8. The lowest BCUT2D eigenvalue weighted by molar-refractivity contribution is -0.404. The largest absolute Gasteiger partial charge is 0.464 e. The molecule has 0 aliphatic carbocycles. The van der Waals surface area contributed by atoms with Gasteiger partial charge in [-0.3, -0.25) is 20.2 Å². The molecule has 2 heterocycles. The molecule has 0 aromatic carbocycles. The van der Waals surface area contributed by atoms with Gasteiger partial charge in [-0.05, 0) is 40.3 Å². The molecule has 0 amide bonds. The van der Waals surface area contributed by atoms with E-state index in [1.54, 1.807) is 49.0 Å². The molecule has 0 aliphatic heterocycles. The highest BCUT2D eigenvalue weighted by Gasteiger charge is 2.05. The van der Waals surface area contributed by atoms with Gasteiger partial charge in [-0.25, -0.2) is 4.98 Å². The van der Waals surface area contributed by atoms with Gasteiger partial charge in [0, 0.05) is 56.4 Å². The van der Waals surface area contributed by atoms with Crippen molar-refractivity contribution >= 4 is 47.3 Å². The molecular weight excluding hydrogens is 638 g/mol. The minimum absolute atomic E-state index is 0. The van der Waals surface area contributed by atoms with Crippen LogP contribution in [0.1, 0.15) is 22.2 Å². The van der Waals surface area contributed by atoms with E-state index in [0.29, 0.717) is 24.7 Å². The molecule has 0 saturated carbocycles. The third-order valence-corrected chi connectivity index (χ3v) is 7.72. The first-order valence-corrected chi connectivity index (χ1v) is 16.2. The standard InChI is InChI=1S/C13H22N4O3S.C12H21N5O2S2.ClH/c1-14-13(9-17(18)19)15-6-7-21-10-12-5-4-11(20-12)8-16(2)3;1-13-11(6-17(18)19)14-4-5-20-8-10-9-21-12(15-10)7-16(2)3;/h4-5,9,14-15H,6-8,10H2,1-3H3;6,9,13-14H,4-5,7-8H2,1-3H3;1H/b13-9-;11-6+;.